The smallest absolute Gasteiger partial charge is 0.395 e. The number of hydrogen-bond acceptors (Lipinski definition) is 12. The van der Waals surface area contributed by atoms with Gasteiger partial charge >= 0.3 is 34.9 Å². The number of aliphatic hydroxyl groups excluding tert-OH is 3. The fourth-order valence-corrected chi connectivity index (χ4v) is 7.05. The van der Waals surface area contributed by atoms with E-state index in [1.807, 2.05) is 0 Å². The van der Waals surface area contributed by atoms with Crippen LogP contribution in [0.25, 0.3) is 0 Å². The molecule has 20 heteroatoms. The number of rotatable bonds is 9. The first-order chi connectivity index (χ1) is 10.7. The largest absolute Gasteiger partial charge is 0.400 e. The van der Waals surface area contributed by atoms with Crippen molar-refractivity contribution in [2.75, 3.05) is 13.2 Å². The van der Waals surface area contributed by atoms with Crippen molar-refractivity contribution >= 4 is 40.8 Å². The van der Waals surface area contributed by atoms with E-state index in [4.69, 9.17) is 28.4 Å². The van der Waals surface area contributed by atoms with Gasteiger partial charge in [0.05, 0.1) is 13.2 Å². The molecule has 0 fully saturated rings. The second kappa shape index (κ2) is 6.90. The average Bonchev–Trinajstić information content (AvgIpc) is 2.33. The van der Waals surface area contributed by atoms with Crippen molar-refractivity contribution in [1.29, 1.82) is 0 Å². The zero-order chi connectivity index (χ0) is 20.7. The van der Waals surface area contributed by atoms with Crippen molar-refractivity contribution in [2.45, 2.75) is 9.70 Å². The first kappa shape index (κ1) is 24.5. The van der Waals surface area contributed by atoms with Gasteiger partial charge in [0.1, 0.15) is 5.41 Å². The van der Waals surface area contributed by atoms with E-state index in [0.29, 0.717) is 0 Å². The first-order valence-corrected chi connectivity index (χ1v) is 11.0. The molecule has 0 aliphatic rings. The van der Waals surface area contributed by atoms with E-state index < -0.39 is 69.1 Å². The standard InChI is InChI=1S/C5H12O16S4/c6-1-4(2-7,3(8)22(9,10)11)5(23(12,13)14,24(15,16)17)21-25(18,19)20/h3,6-8H,1-2H2,(H,9,10,11)(H,12,13,14)(H,15,16,17)(H,18,19,20). The Balaban J connectivity index is 7.64. The molecule has 1 unspecified atom stereocenters. The summed E-state index contributed by atoms with van der Waals surface area (Å²) >= 11 is 0. The number of aliphatic hydroxyl groups is 3. The highest BCUT2D eigenvalue weighted by molar-refractivity contribution is 8.05. The predicted octanol–water partition coefficient (Wildman–Crippen LogP) is -4.59. The Labute approximate surface area is 140 Å². The molecule has 0 rings (SSSR count). The van der Waals surface area contributed by atoms with Crippen LogP contribution in [0.15, 0.2) is 0 Å². The predicted molar refractivity (Wildman–Crippen MR) is 72.6 cm³/mol. The molecule has 0 aliphatic heterocycles. The minimum absolute atomic E-state index is 2.36. The molecule has 152 valence electrons. The molecule has 0 aromatic rings. The van der Waals surface area contributed by atoms with E-state index in [9.17, 15) is 38.8 Å². The molecule has 0 saturated heterocycles. The SMILES string of the molecule is O=S(=O)(O)OC(C(CO)(CO)C(O)S(=O)(=O)O)(S(=O)(=O)O)S(=O)(=O)O. The third-order valence-electron chi connectivity index (χ3n) is 2.82. The highest BCUT2D eigenvalue weighted by Gasteiger charge is 2.76. The van der Waals surface area contributed by atoms with Crippen molar-refractivity contribution in [3.63, 3.8) is 0 Å². The van der Waals surface area contributed by atoms with E-state index in [1.54, 1.807) is 0 Å². The highest BCUT2D eigenvalue weighted by Crippen LogP contribution is 2.47. The van der Waals surface area contributed by atoms with Crippen LogP contribution in [0, 0.1) is 5.41 Å². The fourth-order valence-electron chi connectivity index (χ4n) is 1.79. The minimum atomic E-state index is -6.76. The summed E-state index contributed by atoms with van der Waals surface area (Å²) in [5, 5.41) is 27.8. The van der Waals surface area contributed by atoms with E-state index in [-0.39, 0.29) is 0 Å². The third kappa shape index (κ3) is 4.25. The lowest BCUT2D eigenvalue weighted by Gasteiger charge is -2.42. The van der Waals surface area contributed by atoms with Gasteiger partial charge in [0, 0.05) is 0 Å². The van der Waals surface area contributed by atoms with Crippen molar-refractivity contribution < 1.29 is 71.4 Å². The van der Waals surface area contributed by atoms with Crippen LogP contribution in [-0.2, 0) is 44.9 Å². The Morgan fingerprint density at radius 1 is 0.760 bits per heavy atom. The van der Waals surface area contributed by atoms with Crippen LogP contribution in [0.2, 0.25) is 0 Å². The molecule has 0 aliphatic carbocycles. The Bertz CT molecular complexity index is 869. The maximum atomic E-state index is 11.5. The molecule has 0 heterocycles. The molecule has 0 amide bonds. The molecule has 0 spiro atoms. The Kier molecular flexibility index (Phi) is 6.75. The summed E-state index contributed by atoms with van der Waals surface area (Å²) < 4.78 is 123. The van der Waals surface area contributed by atoms with Gasteiger partial charge in [-0.1, -0.05) is 0 Å². The summed E-state index contributed by atoms with van der Waals surface area (Å²) in [5.74, 6) is 0. The van der Waals surface area contributed by atoms with Crippen LogP contribution in [-0.4, -0.2) is 90.1 Å². The lowest BCUT2D eigenvalue weighted by Crippen LogP contribution is -2.69. The molecule has 7 N–H and O–H groups in total. The first-order valence-electron chi connectivity index (χ1n) is 5.21. The van der Waals surface area contributed by atoms with Gasteiger partial charge in [0.2, 0.25) is 0 Å². The minimum Gasteiger partial charge on any atom is -0.395 e. The van der Waals surface area contributed by atoms with E-state index >= 15 is 0 Å². The lowest BCUT2D eigenvalue weighted by molar-refractivity contribution is -0.0839. The summed E-state index contributed by atoms with van der Waals surface area (Å²) in [7, 11) is -25.9. The molecular weight excluding hydrogens is 444 g/mol. The molecule has 0 aromatic carbocycles. The summed E-state index contributed by atoms with van der Waals surface area (Å²) in [6.45, 7) is -4.72. The summed E-state index contributed by atoms with van der Waals surface area (Å²) in [6, 6.07) is 0. The van der Waals surface area contributed by atoms with Crippen molar-refractivity contribution in [3.05, 3.63) is 0 Å². The van der Waals surface area contributed by atoms with Gasteiger partial charge in [-0.2, -0.15) is 33.7 Å². The van der Waals surface area contributed by atoms with Crippen molar-refractivity contribution in [1.82, 2.24) is 0 Å². The van der Waals surface area contributed by atoms with Gasteiger partial charge in [0.25, 0.3) is 10.1 Å². The monoisotopic (exact) mass is 456 g/mol. The fraction of sp³-hybridized carbons (Fsp3) is 1.00. The number of hydrogen-bond donors (Lipinski definition) is 7. The second-order valence-electron chi connectivity index (χ2n) is 4.36. The third-order valence-corrected chi connectivity index (χ3v) is 8.11. The topological polar surface area (TPSA) is 287 Å². The Morgan fingerprint density at radius 3 is 1.24 bits per heavy atom. The molecular formula is C5H12O16S4. The molecule has 0 bridgehead atoms. The van der Waals surface area contributed by atoms with E-state index in [1.165, 1.54) is 0 Å². The van der Waals surface area contributed by atoms with Crippen molar-refractivity contribution in [3.8, 4) is 0 Å². The van der Waals surface area contributed by atoms with E-state index in [2.05, 4.69) is 4.18 Å². The summed E-state index contributed by atoms with van der Waals surface area (Å²) in [6.07, 6.45) is 0. The Morgan fingerprint density at radius 2 is 1.08 bits per heavy atom. The quantitative estimate of drug-likeness (QED) is 0.161. The molecule has 0 aromatic heterocycles. The van der Waals surface area contributed by atoms with Crippen LogP contribution in [0.3, 0.4) is 0 Å². The summed E-state index contributed by atoms with van der Waals surface area (Å²) in [4.78, 5) is 0. The maximum absolute atomic E-state index is 11.5. The van der Waals surface area contributed by atoms with Gasteiger partial charge < -0.3 is 15.3 Å². The van der Waals surface area contributed by atoms with E-state index in [0.717, 1.165) is 0 Å². The van der Waals surface area contributed by atoms with Crippen molar-refractivity contribution in [2.24, 2.45) is 5.41 Å². The second-order valence-corrected chi connectivity index (χ2v) is 10.2. The van der Waals surface area contributed by atoms with Crippen LogP contribution >= 0.6 is 0 Å². The molecule has 0 radical (unpaired) electrons. The average molecular weight is 456 g/mol. The van der Waals surface area contributed by atoms with Crippen LogP contribution in [0.4, 0.5) is 0 Å². The zero-order valence-electron chi connectivity index (χ0n) is 11.4. The van der Waals surface area contributed by atoms with Gasteiger partial charge in [-0.15, -0.1) is 0 Å². The van der Waals surface area contributed by atoms with Gasteiger partial charge in [-0.05, 0) is 0 Å². The van der Waals surface area contributed by atoms with Crippen LogP contribution in [0.5, 0.6) is 0 Å². The molecule has 0 saturated carbocycles. The van der Waals surface area contributed by atoms with Gasteiger partial charge in [0.15, 0.2) is 5.44 Å². The molecule has 25 heavy (non-hydrogen) atoms. The van der Waals surface area contributed by atoms with Crippen LogP contribution in [0.1, 0.15) is 0 Å². The summed E-state index contributed by atoms with van der Waals surface area (Å²) in [5.41, 5.74) is -8.18. The van der Waals surface area contributed by atoms with Gasteiger partial charge in [-0.3, -0.25) is 18.2 Å². The zero-order valence-corrected chi connectivity index (χ0v) is 14.7. The Hall–Kier alpha value is -0.520. The highest BCUT2D eigenvalue weighted by atomic mass is 32.3. The lowest BCUT2D eigenvalue weighted by atomic mass is 9.91. The molecule has 16 nitrogen and oxygen atoms in total. The maximum Gasteiger partial charge on any atom is 0.400 e. The normalized spacial score (nSPS) is 16.6. The van der Waals surface area contributed by atoms with Gasteiger partial charge in [-0.25, -0.2) is 4.18 Å². The molecule has 1 atom stereocenters. The van der Waals surface area contributed by atoms with Crippen LogP contribution < -0.4 is 0 Å².